The van der Waals surface area contributed by atoms with Gasteiger partial charge in [-0.1, -0.05) is 13.8 Å². The Kier molecular flexibility index (Phi) is 7.80. The first kappa shape index (κ1) is 18.7. The van der Waals surface area contributed by atoms with Crippen molar-refractivity contribution in [3.63, 3.8) is 0 Å². The van der Waals surface area contributed by atoms with E-state index in [1.165, 1.54) is 0 Å². The van der Waals surface area contributed by atoms with Gasteiger partial charge in [-0.2, -0.15) is 0 Å². The van der Waals surface area contributed by atoms with Gasteiger partial charge in [0.15, 0.2) is 12.4 Å². The molecule has 0 aliphatic carbocycles. The lowest BCUT2D eigenvalue weighted by molar-refractivity contribution is -0.129. The van der Waals surface area contributed by atoms with E-state index in [4.69, 9.17) is 4.74 Å². The zero-order chi connectivity index (χ0) is 17.2. The normalized spacial score (nSPS) is 11.4. The van der Waals surface area contributed by atoms with Crippen molar-refractivity contribution < 1.29 is 19.1 Å². The third-order valence-corrected chi connectivity index (χ3v) is 3.19. The average Bonchev–Trinajstić information content (AvgIpc) is 2.57. The summed E-state index contributed by atoms with van der Waals surface area (Å²) >= 11 is 0. The number of ether oxygens (including phenoxy) is 1. The minimum absolute atomic E-state index is 0.0567. The fraction of sp³-hybridized carbons (Fsp3) is 0.471. The summed E-state index contributed by atoms with van der Waals surface area (Å²) in [7, 11) is 0. The summed E-state index contributed by atoms with van der Waals surface area (Å²) in [6.45, 7) is 5.77. The van der Waals surface area contributed by atoms with Crippen molar-refractivity contribution in [1.82, 2.24) is 10.6 Å². The number of benzene rings is 1. The van der Waals surface area contributed by atoms with Crippen molar-refractivity contribution in [3.8, 4) is 5.75 Å². The Bertz CT molecular complexity index is 540. The molecule has 0 aromatic heterocycles. The Balaban J connectivity index is 2.41. The molecule has 1 aromatic rings. The largest absolute Gasteiger partial charge is 0.484 e. The van der Waals surface area contributed by atoms with Gasteiger partial charge in [0.25, 0.3) is 5.91 Å². The minimum atomic E-state index is -0.609. The van der Waals surface area contributed by atoms with Crippen molar-refractivity contribution in [1.29, 1.82) is 0 Å². The first-order chi connectivity index (χ1) is 11.0. The van der Waals surface area contributed by atoms with Crippen molar-refractivity contribution in [3.05, 3.63) is 29.8 Å². The lowest BCUT2D eigenvalue weighted by Crippen LogP contribution is -2.46. The molecule has 126 valence electrons. The van der Waals surface area contributed by atoms with Crippen LogP contribution in [0.15, 0.2) is 24.3 Å². The number of amides is 2. The average molecular weight is 320 g/mol. The molecule has 1 atom stereocenters. The van der Waals surface area contributed by atoms with E-state index in [0.717, 1.165) is 6.42 Å². The molecule has 6 nitrogen and oxygen atoms in total. The van der Waals surface area contributed by atoms with Crippen LogP contribution in [0, 0.1) is 0 Å². The summed E-state index contributed by atoms with van der Waals surface area (Å²) in [6, 6.07) is 6.02. The summed E-state index contributed by atoms with van der Waals surface area (Å²) in [5.41, 5.74) is 0.616. The Hall–Kier alpha value is -2.37. The maximum Gasteiger partial charge on any atom is 0.258 e. The third-order valence-electron chi connectivity index (χ3n) is 3.19. The molecule has 0 saturated carbocycles. The van der Waals surface area contributed by atoms with Crippen LogP contribution in [0.3, 0.4) is 0 Å². The van der Waals surface area contributed by atoms with Crippen molar-refractivity contribution >= 4 is 17.6 Å². The fourth-order valence-corrected chi connectivity index (χ4v) is 1.84. The number of nitrogens with one attached hydrogen (secondary N) is 2. The van der Waals surface area contributed by atoms with E-state index < -0.39 is 6.04 Å². The highest BCUT2D eigenvalue weighted by Gasteiger charge is 2.15. The van der Waals surface area contributed by atoms with Crippen LogP contribution in [-0.2, 0) is 9.59 Å². The molecule has 1 unspecified atom stereocenters. The Labute approximate surface area is 136 Å². The highest BCUT2D eigenvalue weighted by molar-refractivity contribution is 5.95. The molecular weight excluding hydrogens is 296 g/mol. The second-order valence-corrected chi connectivity index (χ2v) is 5.17. The third kappa shape index (κ3) is 6.50. The zero-order valence-corrected chi connectivity index (χ0v) is 13.8. The first-order valence-electron chi connectivity index (χ1n) is 7.81. The lowest BCUT2D eigenvalue weighted by Gasteiger charge is -2.14. The first-order valence-corrected chi connectivity index (χ1v) is 7.81. The smallest absolute Gasteiger partial charge is 0.258 e. The van der Waals surface area contributed by atoms with Gasteiger partial charge < -0.3 is 15.4 Å². The Morgan fingerprint density at radius 2 is 1.78 bits per heavy atom. The number of carbonyl (C=O) groups excluding carboxylic acids is 3. The second-order valence-electron chi connectivity index (χ2n) is 5.17. The van der Waals surface area contributed by atoms with Crippen LogP contribution in [0.25, 0.3) is 0 Å². The van der Waals surface area contributed by atoms with E-state index in [1.54, 1.807) is 38.1 Å². The van der Waals surface area contributed by atoms with E-state index in [2.05, 4.69) is 10.6 Å². The van der Waals surface area contributed by atoms with Gasteiger partial charge >= 0.3 is 0 Å². The second kappa shape index (κ2) is 9.61. The molecule has 1 aromatic carbocycles. The summed E-state index contributed by atoms with van der Waals surface area (Å²) in [4.78, 5) is 34.9. The zero-order valence-electron chi connectivity index (χ0n) is 13.8. The molecule has 2 N–H and O–H groups in total. The molecule has 0 spiro atoms. The number of ketones is 1. The van der Waals surface area contributed by atoms with Crippen LogP contribution in [-0.4, -0.2) is 36.8 Å². The summed E-state index contributed by atoms with van der Waals surface area (Å²) in [5, 5.41) is 5.27. The maximum atomic E-state index is 11.8. The molecule has 0 radical (unpaired) electrons. The predicted octanol–water partition coefficient (Wildman–Crippen LogP) is 1.69. The fourth-order valence-electron chi connectivity index (χ4n) is 1.84. The van der Waals surface area contributed by atoms with Gasteiger partial charge in [0.1, 0.15) is 11.8 Å². The van der Waals surface area contributed by atoms with Crippen molar-refractivity contribution in [2.24, 2.45) is 0 Å². The summed E-state index contributed by atoms with van der Waals surface area (Å²) in [6.07, 6.45) is 1.28. The number of Topliss-reactive ketones (excluding diaryl/α,β-unsaturated/α-hetero) is 1. The summed E-state index contributed by atoms with van der Waals surface area (Å²) in [5.74, 6) is -0.0439. The van der Waals surface area contributed by atoms with E-state index in [1.807, 2.05) is 6.92 Å². The number of rotatable bonds is 9. The molecule has 2 amide bonds. The van der Waals surface area contributed by atoms with E-state index >= 15 is 0 Å². The van der Waals surface area contributed by atoms with Gasteiger partial charge in [-0.3, -0.25) is 14.4 Å². The monoisotopic (exact) mass is 320 g/mol. The number of hydrogen-bond donors (Lipinski definition) is 2. The van der Waals surface area contributed by atoms with Gasteiger partial charge in [-0.15, -0.1) is 0 Å². The van der Waals surface area contributed by atoms with Crippen LogP contribution in [0.4, 0.5) is 0 Å². The molecule has 1 rings (SSSR count). The Morgan fingerprint density at radius 1 is 1.13 bits per heavy atom. The molecular formula is C17H24N2O4. The Morgan fingerprint density at radius 3 is 2.35 bits per heavy atom. The molecule has 23 heavy (non-hydrogen) atoms. The standard InChI is InChI=1S/C17H24N2O4/c1-4-10-18-17(22)12(3)19-16(21)11-23-14-8-6-13(7-9-14)15(20)5-2/h6-9,12H,4-5,10-11H2,1-3H3,(H,18,22)(H,19,21). The van der Waals surface area contributed by atoms with Gasteiger partial charge in [-0.25, -0.2) is 0 Å². The van der Waals surface area contributed by atoms with Gasteiger partial charge in [0.05, 0.1) is 0 Å². The maximum absolute atomic E-state index is 11.8. The number of hydrogen-bond acceptors (Lipinski definition) is 4. The van der Waals surface area contributed by atoms with E-state index in [9.17, 15) is 14.4 Å². The van der Waals surface area contributed by atoms with Gasteiger partial charge in [0.2, 0.25) is 5.91 Å². The highest BCUT2D eigenvalue weighted by atomic mass is 16.5. The van der Waals surface area contributed by atoms with Crippen LogP contribution in [0.1, 0.15) is 44.0 Å². The number of carbonyl (C=O) groups is 3. The molecule has 0 bridgehead atoms. The molecule has 6 heteroatoms. The molecule has 0 heterocycles. The van der Waals surface area contributed by atoms with Gasteiger partial charge in [-0.05, 0) is 37.6 Å². The van der Waals surface area contributed by atoms with Crippen LogP contribution < -0.4 is 15.4 Å². The SMILES string of the molecule is CCCNC(=O)C(C)NC(=O)COc1ccc(C(=O)CC)cc1. The minimum Gasteiger partial charge on any atom is -0.484 e. The molecule has 0 fully saturated rings. The molecule has 0 aliphatic rings. The van der Waals surface area contributed by atoms with E-state index in [-0.39, 0.29) is 24.2 Å². The van der Waals surface area contributed by atoms with Crippen LogP contribution >= 0.6 is 0 Å². The van der Waals surface area contributed by atoms with Crippen LogP contribution in [0.2, 0.25) is 0 Å². The van der Waals surface area contributed by atoms with Crippen LogP contribution in [0.5, 0.6) is 5.75 Å². The van der Waals surface area contributed by atoms with Gasteiger partial charge in [0, 0.05) is 18.5 Å². The summed E-state index contributed by atoms with van der Waals surface area (Å²) < 4.78 is 5.34. The van der Waals surface area contributed by atoms with Crippen molar-refractivity contribution in [2.75, 3.05) is 13.2 Å². The molecule has 0 saturated heterocycles. The molecule has 0 aliphatic heterocycles. The predicted molar refractivity (Wildman–Crippen MR) is 87.5 cm³/mol. The topological polar surface area (TPSA) is 84.5 Å². The lowest BCUT2D eigenvalue weighted by atomic mass is 10.1. The van der Waals surface area contributed by atoms with E-state index in [0.29, 0.717) is 24.3 Å². The highest BCUT2D eigenvalue weighted by Crippen LogP contribution is 2.13. The quantitative estimate of drug-likeness (QED) is 0.678. The van der Waals surface area contributed by atoms with Crippen molar-refractivity contribution in [2.45, 2.75) is 39.7 Å².